The Balaban J connectivity index is 2.06. The summed E-state index contributed by atoms with van der Waals surface area (Å²) in [6.07, 6.45) is 3.15. The molecule has 1 atom stereocenters. The first-order valence-corrected chi connectivity index (χ1v) is 6.69. The van der Waals surface area contributed by atoms with Crippen molar-refractivity contribution in [3.05, 3.63) is 48.4 Å². The van der Waals surface area contributed by atoms with Crippen LogP contribution in [0.15, 0.2) is 47.9 Å². The second-order valence-electron chi connectivity index (χ2n) is 3.90. The molecular formula is C14H14N2O2S. The second-order valence-corrected chi connectivity index (χ2v) is 5.26. The fraction of sp³-hybridized carbons (Fsp3) is 0.214. The van der Waals surface area contributed by atoms with Gasteiger partial charge in [-0.05, 0) is 37.3 Å². The molecule has 2 aromatic rings. The first kappa shape index (κ1) is 13.5. The number of methoxy groups -OCH3 is 1. The molecule has 98 valence electrons. The molecule has 0 saturated heterocycles. The van der Waals surface area contributed by atoms with E-state index in [1.165, 1.54) is 18.1 Å². The van der Waals surface area contributed by atoms with Gasteiger partial charge < -0.3 is 4.74 Å². The molecule has 0 N–H and O–H groups in total. The minimum atomic E-state index is -0.191. The van der Waals surface area contributed by atoms with Gasteiger partial charge in [-0.1, -0.05) is 11.8 Å². The topological polar surface area (TPSA) is 52.1 Å². The van der Waals surface area contributed by atoms with E-state index in [2.05, 4.69) is 9.97 Å². The van der Waals surface area contributed by atoms with E-state index in [-0.39, 0.29) is 11.0 Å². The van der Waals surface area contributed by atoms with Gasteiger partial charge in [0.05, 0.1) is 12.4 Å². The summed E-state index contributed by atoms with van der Waals surface area (Å²) in [5, 5.41) is 0.604. The zero-order valence-electron chi connectivity index (χ0n) is 10.7. The van der Waals surface area contributed by atoms with Crippen LogP contribution in [-0.2, 0) is 0 Å². The third kappa shape index (κ3) is 3.54. The molecule has 1 aromatic carbocycles. The number of carbonyl (C=O) groups excluding carboxylic acids is 1. The number of ether oxygens (including phenoxy) is 1. The molecule has 5 heteroatoms. The highest BCUT2D eigenvalue weighted by Gasteiger charge is 2.16. The van der Waals surface area contributed by atoms with Crippen molar-refractivity contribution in [2.75, 3.05) is 7.11 Å². The zero-order chi connectivity index (χ0) is 13.7. The van der Waals surface area contributed by atoms with Crippen LogP contribution < -0.4 is 4.74 Å². The van der Waals surface area contributed by atoms with E-state index in [0.29, 0.717) is 5.56 Å². The van der Waals surface area contributed by atoms with E-state index in [0.717, 1.165) is 10.8 Å². The largest absolute Gasteiger partial charge is 0.497 e. The quantitative estimate of drug-likeness (QED) is 0.477. The summed E-state index contributed by atoms with van der Waals surface area (Å²) < 4.78 is 5.07. The first-order valence-electron chi connectivity index (χ1n) is 5.81. The summed E-state index contributed by atoms with van der Waals surface area (Å²) in [6.45, 7) is 1.87. The molecule has 0 aliphatic rings. The minimum absolute atomic E-state index is 0.0752. The Morgan fingerprint density at radius 3 is 2.58 bits per heavy atom. The van der Waals surface area contributed by atoms with Gasteiger partial charge in [0.1, 0.15) is 17.1 Å². The van der Waals surface area contributed by atoms with Crippen LogP contribution in [0.4, 0.5) is 0 Å². The SMILES string of the molecule is COc1ccc(C(=O)C(C)Sc2ccncn2)cc1. The second kappa shape index (κ2) is 6.33. The van der Waals surface area contributed by atoms with Crippen LogP contribution in [0.1, 0.15) is 17.3 Å². The van der Waals surface area contributed by atoms with Gasteiger partial charge in [-0.15, -0.1) is 0 Å². The van der Waals surface area contributed by atoms with Crippen LogP contribution in [0, 0.1) is 0 Å². The number of thioether (sulfide) groups is 1. The molecule has 1 unspecified atom stereocenters. The van der Waals surface area contributed by atoms with Gasteiger partial charge in [0.2, 0.25) is 0 Å². The highest BCUT2D eigenvalue weighted by molar-refractivity contribution is 8.00. The molecule has 19 heavy (non-hydrogen) atoms. The summed E-state index contributed by atoms with van der Waals surface area (Å²) in [5.41, 5.74) is 0.676. The van der Waals surface area contributed by atoms with E-state index >= 15 is 0 Å². The molecule has 0 aliphatic carbocycles. The average molecular weight is 274 g/mol. The maximum Gasteiger partial charge on any atom is 0.175 e. The molecule has 0 aliphatic heterocycles. The summed E-state index contributed by atoms with van der Waals surface area (Å²) in [5.74, 6) is 0.818. The van der Waals surface area contributed by atoms with Crippen molar-refractivity contribution in [1.29, 1.82) is 0 Å². The van der Waals surface area contributed by atoms with Gasteiger partial charge in [0.25, 0.3) is 0 Å². The molecule has 0 saturated carbocycles. The Labute approximate surface area is 116 Å². The van der Waals surface area contributed by atoms with Crippen molar-refractivity contribution in [3.8, 4) is 5.75 Å². The summed E-state index contributed by atoms with van der Waals surface area (Å²) in [6, 6.07) is 8.92. The molecule has 0 fully saturated rings. The predicted octanol–water partition coefficient (Wildman–Crippen LogP) is 2.85. The maximum absolute atomic E-state index is 12.2. The van der Waals surface area contributed by atoms with E-state index < -0.39 is 0 Å². The Morgan fingerprint density at radius 2 is 2.00 bits per heavy atom. The Hall–Kier alpha value is -1.88. The van der Waals surface area contributed by atoms with Crippen LogP contribution in [-0.4, -0.2) is 28.1 Å². The predicted molar refractivity (Wildman–Crippen MR) is 74.7 cm³/mol. The van der Waals surface area contributed by atoms with E-state index in [4.69, 9.17) is 4.74 Å². The van der Waals surface area contributed by atoms with Gasteiger partial charge in [-0.25, -0.2) is 9.97 Å². The van der Waals surface area contributed by atoms with E-state index in [9.17, 15) is 4.79 Å². The fourth-order valence-corrected chi connectivity index (χ4v) is 2.43. The lowest BCUT2D eigenvalue weighted by Crippen LogP contribution is -2.13. The van der Waals surface area contributed by atoms with Gasteiger partial charge in [-0.3, -0.25) is 4.79 Å². The monoisotopic (exact) mass is 274 g/mol. The van der Waals surface area contributed by atoms with Crippen molar-refractivity contribution in [2.24, 2.45) is 0 Å². The van der Waals surface area contributed by atoms with Gasteiger partial charge in [0, 0.05) is 11.8 Å². The van der Waals surface area contributed by atoms with Crippen LogP contribution in [0.5, 0.6) is 5.75 Å². The number of nitrogens with zero attached hydrogens (tertiary/aromatic N) is 2. The number of hydrogen-bond acceptors (Lipinski definition) is 5. The van der Waals surface area contributed by atoms with E-state index in [1.807, 2.05) is 6.92 Å². The first-order chi connectivity index (χ1) is 9.20. The number of carbonyl (C=O) groups is 1. The number of ketones is 1. The molecule has 4 nitrogen and oxygen atoms in total. The maximum atomic E-state index is 12.2. The van der Waals surface area contributed by atoms with Crippen molar-refractivity contribution in [1.82, 2.24) is 9.97 Å². The fourth-order valence-electron chi connectivity index (χ4n) is 1.57. The standard InChI is InChI=1S/C14H14N2O2S/c1-10(19-13-7-8-15-9-16-13)14(17)11-3-5-12(18-2)6-4-11/h3-10H,1-2H3. The molecule has 1 aromatic heterocycles. The number of hydrogen-bond donors (Lipinski definition) is 0. The molecule has 0 amide bonds. The highest BCUT2D eigenvalue weighted by atomic mass is 32.2. The number of Topliss-reactive ketones (excluding diaryl/α,β-unsaturated/α-hetero) is 1. The van der Waals surface area contributed by atoms with Crippen LogP contribution in [0.2, 0.25) is 0 Å². The number of aromatic nitrogens is 2. The third-order valence-corrected chi connectivity index (χ3v) is 3.65. The highest BCUT2D eigenvalue weighted by Crippen LogP contribution is 2.24. The zero-order valence-corrected chi connectivity index (χ0v) is 11.6. The number of benzene rings is 1. The molecule has 1 heterocycles. The lowest BCUT2D eigenvalue weighted by molar-refractivity contribution is 0.0994. The van der Waals surface area contributed by atoms with Gasteiger partial charge in [0.15, 0.2) is 5.78 Å². The van der Waals surface area contributed by atoms with Crippen molar-refractivity contribution < 1.29 is 9.53 Å². The minimum Gasteiger partial charge on any atom is -0.497 e. The summed E-state index contributed by atoms with van der Waals surface area (Å²) in [4.78, 5) is 20.2. The summed E-state index contributed by atoms with van der Waals surface area (Å²) >= 11 is 1.42. The Kier molecular flexibility index (Phi) is 4.52. The van der Waals surface area contributed by atoms with Crippen LogP contribution in [0.25, 0.3) is 0 Å². The molecule has 0 radical (unpaired) electrons. The van der Waals surface area contributed by atoms with E-state index in [1.54, 1.807) is 43.6 Å². The van der Waals surface area contributed by atoms with Crippen LogP contribution >= 0.6 is 11.8 Å². The van der Waals surface area contributed by atoms with Gasteiger partial charge in [-0.2, -0.15) is 0 Å². The lowest BCUT2D eigenvalue weighted by Gasteiger charge is -2.09. The lowest BCUT2D eigenvalue weighted by atomic mass is 10.1. The smallest absolute Gasteiger partial charge is 0.175 e. The third-order valence-electron chi connectivity index (χ3n) is 2.60. The van der Waals surface area contributed by atoms with Crippen LogP contribution in [0.3, 0.4) is 0 Å². The Bertz CT molecular complexity index is 543. The molecule has 2 rings (SSSR count). The van der Waals surface area contributed by atoms with Crippen molar-refractivity contribution in [2.45, 2.75) is 17.2 Å². The van der Waals surface area contributed by atoms with Crippen molar-refractivity contribution in [3.63, 3.8) is 0 Å². The molecule has 0 bridgehead atoms. The number of rotatable bonds is 5. The molecular weight excluding hydrogens is 260 g/mol. The van der Waals surface area contributed by atoms with Crippen molar-refractivity contribution >= 4 is 17.5 Å². The average Bonchev–Trinajstić information content (AvgIpc) is 2.47. The Morgan fingerprint density at radius 1 is 1.26 bits per heavy atom. The molecule has 0 spiro atoms. The normalized spacial score (nSPS) is 11.9. The van der Waals surface area contributed by atoms with Gasteiger partial charge >= 0.3 is 0 Å². The summed E-state index contributed by atoms with van der Waals surface area (Å²) in [7, 11) is 1.60.